The highest BCUT2D eigenvalue weighted by Gasteiger charge is 2.39. The molecule has 3 rings (SSSR count). The monoisotopic (exact) mass is 366 g/mol. The molecule has 1 atom stereocenters. The maximum absolute atomic E-state index is 12.7. The normalized spacial score (nSPS) is 22.2. The highest BCUT2D eigenvalue weighted by Crippen LogP contribution is 2.29. The molecule has 136 valence electrons. The van der Waals surface area contributed by atoms with E-state index in [0.717, 1.165) is 11.4 Å². The SMILES string of the molecule is CC1(C)SCC(C(=O)N2CCn3nc(CCC(=O)O)cc3C2)NC1=O. The minimum atomic E-state index is -0.851. The van der Waals surface area contributed by atoms with Gasteiger partial charge in [-0.15, -0.1) is 11.8 Å². The molecular weight excluding hydrogens is 344 g/mol. The van der Waals surface area contributed by atoms with Gasteiger partial charge in [0.2, 0.25) is 11.8 Å². The van der Waals surface area contributed by atoms with Crippen LogP contribution in [0, 0.1) is 0 Å². The first-order chi connectivity index (χ1) is 11.8. The van der Waals surface area contributed by atoms with Gasteiger partial charge in [-0.3, -0.25) is 19.1 Å². The van der Waals surface area contributed by atoms with Crippen molar-refractivity contribution >= 4 is 29.5 Å². The molecule has 0 bridgehead atoms. The van der Waals surface area contributed by atoms with Crippen molar-refractivity contribution in [1.82, 2.24) is 20.0 Å². The first-order valence-corrected chi connectivity index (χ1v) is 9.26. The molecule has 1 unspecified atom stereocenters. The second kappa shape index (κ2) is 6.70. The van der Waals surface area contributed by atoms with Crippen molar-refractivity contribution in [2.24, 2.45) is 0 Å². The summed E-state index contributed by atoms with van der Waals surface area (Å²) in [4.78, 5) is 37.2. The van der Waals surface area contributed by atoms with Crippen LogP contribution in [0.15, 0.2) is 6.07 Å². The number of carboxylic acids is 1. The molecule has 8 nitrogen and oxygen atoms in total. The molecule has 0 radical (unpaired) electrons. The van der Waals surface area contributed by atoms with Gasteiger partial charge in [0, 0.05) is 18.7 Å². The van der Waals surface area contributed by atoms with Gasteiger partial charge in [-0.1, -0.05) is 0 Å². The second-order valence-corrected chi connectivity index (χ2v) is 8.49. The van der Waals surface area contributed by atoms with Gasteiger partial charge in [0.05, 0.1) is 35.6 Å². The molecule has 2 N–H and O–H groups in total. The summed E-state index contributed by atoms with van der Waals surface area (Å²) in [7, 11) is 0. The molecule has 3 heterocycles. The number of thioether (sulfide) groups is 1. The van der Waals surface area contributed by atoms with Gasteiger partial charge >= 0.3 is 5.97 Å². The van der Waals surface area contributed by atoms with Crippen molar-refractivity contribution in [3.63, 3.8) is 0 Å². The van der Waals surface area contributed by atoms with E-state index in [4.69, 9.17) is 5.11 Å². The summed E-state index contributed by atoms with van der Waals surface area (Å²) in [5.41, 5.74) is 1.63. The Labute approximate surface area is 149 Å². The Hall–Kier alpha value is -2.03. The van der Waals surface area contributed by atoms with E-state index in [-0.39, 0.29) is 18.2 Å². The van der Waals surface area contributed by atoms with E-state index < -0.39 is 16.8 Å². The van der Waals surface area contributed by atoms with E-state index in [9.17, 15) is 14.4 Å². The minimum absolute atomic E-state index is 0.0419. The molecule has 0 spiro atoms. The maximum Gasteiger partial charge on any atom is 0.303 e. The van der Waals surface area contributed by atoms with Crippen LogP contribution in [-0.2, 0) is 33.9 Å². The number of carbonyl (C=O) groups excluding carboxylic acids is 2. The lowest BCUT2D eigenvalue weighted by Gasteiger charge is -2.36. The van der Waals surface area contributed by atoms with Gasteiger partial charge in [-0.25, -0.2) is 0 Å². The molecule has 2 amide bonds. The number of aliphatic carboxylic acids is 1. The van der Waals surface area contributed by atoms with E-state index in [2.05, 4.69) is 10.4 Å². The van der Waals surface area contributed by atoms with Gasteiger partial charge in [0.15, 0.2) is 0 Å². The third kappa shape index (κ3) is 3.81. The highest BCUT2D eigenvalue weighted by atomic mass is 32.2. The van der Waals surface area contributed by atoms with Crippen molar-refractivity contribution in [2.75, 3.05) is 12.3 Å². The molecule has 1 aromatic heterocycles. The summed E-state index contributed by atoms with van der Waals surface area (Å²) < 4.78 is 1.33. The molecule has 1 saturated heterocycles. The lowest BCUT2D eigenvalue weighted by molar-refractivity contribution is -0.138. The van der Waals surface area contributed by atoms with E-state index in [0.29, 0.717) is 31.8 Å². The summed E-state index contributed by atoms with van der Waals surface area (Å²) >= 11 is 1.50. The van der Waals surface area contributed by atoms with E-state index >= 15 is 0 Å². The number of hydrogen-bond acceptors (Lipinski definition) is 5. The number of carbonyl (C=O) groups is 3. The summed E-state index contributed by atoms with van der Waals surface area (Å²) in [6, 6.07) is 1.37. The van der Waals surface area contributed by atoms with Gasteiger partial charge < -0.3 is 15.3 Å². The molecular formula is C16H22N4O4S. The van der Waals surface area contributed by atoms with Crippen LogP contribution in [0.3, 0.4) is 0 Å². The number of aryl methyl sites for hydroxylation is 1. The Morgan fingerprint density at radius 2 is 2.20 bits per heavy atom. The molecule has 2 aliphatic heterocycles. The lowest BCUT2D eigenvalue weighted by atomic mass is 10.1. The summed E-state index contributed by atoms with van der Waals surface area (Å²) in [5, 5.41) is 16.0. The topological polar surface area (TPSA) is 105 Å². The van der Waals surface area contributed by atoms with Crippen LogP contribution in [0.4, 0.5) is 0 Å². The lowest BCUT2D eigenvalue weighted by Crippen LogP contribution is -2.58. The average Bonchev–Trinajstić information content (AvgIpc) is 2.97. The first kappa shape index (κ1) is 17.8. The van der Waals surface area contributed by atoms with Crippen molar-refractivity contribution in [2.45, 2.75) is 50.6 Å². The molecule has 2 aliphatic rings. The van der Waals surface area contributed by atoms with Crippen molar-refractivity contribution < 1.29 is 19.5 Å². The van der Waals surface area contributed by atoms with Crippen LogP contribution in [-0.4, -0.2) is 60.7 Å². The quantitative estimate of drug-likeness (QED) is 0.792. The third-order valence-corrected chi connectivity index (χ3v) is 5.92. The predicted molar refractivity (Wildman–Crippen MR) is 92.1 cm³/mol. The van der Waals surface area contributed by atoms with Crippen LogP contribution < -0.4 is 5.32 Å². The Bertz CT molecular complexity index is 715. The number of fused-ring (bicyclic) bond motifs is 1. The number of hydrogen-bond donors (Lipinski definition) is 2. The molecule has 1 aromatic rings. The first-order valence-electron chi connectivity index (χ1n) is 8.27. The summed E-state index contributed by atoms with van der Waals surface area (Å²) in [6.07, 6.45) is 0.425. The average molecular weight is 366 g/mol. The number of nitrogens with zero attached hydrogens (tertiary/aromatic N) is 3. The summed E-state index contributed by atoms with van der Waals surface area (Å²) in [6.45, 7) is 5.25. The number of rotatable bonds is 4. The third-order valence-electron chi connectivity index (χ3n) is 4.52. The smallest absolute Gasteiger partial charge is 0.303 e. The van der Waals surface area contributed by atoms with Crippen molar-refractivity contribution in [3.8, 4) is 0 Å². The fourth-order valence-electron chi connectivity index (χ4n) is 2.96. The van der Waals surface area contributed by atoms with Crippen molar-refractivity contribution in [3.05, 3.63) is 17.5 Å². The molecule has 0 aliphatic carbocycles. The fraction of sp³-hybridized carbons (Fsp3) is 0.625. The predicted octanol–water partition coefficient (Wildman–Crippen LogP) is 0.253. The zero-order chi connectivity index (χ0) is 18.2. The number of nitrogens with one attached hydrogen (secondary N) is 1. The Morgan fingerprint density at radius 1 is 1.44 bits per heavy atom. The van der Waals surface area contributed by atoms with E-state index in [1.54, 1.807) is 4.90 Å². The fourth-order valence-corrected chi connectivity index (χ4v) is 3.95. The Morgan fingerprint density at radius 3 is 2.88 bits per heavy atom. The minimum Gasteiger partial charge on any atom is -0.481 e. The largest absolute Gasteiger partial charge is 0.481 e. The van der Waals surface area contributed by atoms with Crippen LogP contribution in [0.5, 0.6) is 0 Å². The number of amides is 2. The second-order valence-electron chi connectivity index (χ2n) is 6.85. The molecule has 1 fully saturated rings. The molecule has 0 saturated carbocycles. The van der Waals surface area contributed by atoms with Gasteiger partial charge in [-0.05, 0) is 19.9 Å². The van der Waals surface area contributed by atoms with E-state index in [1.807, 2.05) is 24.6 Å². The number of aromatic nitrogens is 2. The number of carboxylic acid groups (broad SMARTS) is 1. The van der Waals surface area contributed by atoms with Crippen LogP contribution in [0.25, 0.3) is 0 Å². The van der Waals surface area contributed by atoms with Gasteiger partial charge in [-0.2, -0.15) is 5.10 Å². The van der Waals surface area contributed by atoms with Crippen LogP contribution >= 0.6 is 11.8 Å². The molecule has 0 aromatic carbocycles. The zero-order valence-electron chi connectivity index (χ0n) is 14.3. The Kier molecular flexibility index (Phi) is 4.77. The standard InChI is InChI=1S/C16H22N4O4S/c1-16(2)15(24)17-12(9-25-16)14(23)19-5-6-20-11(8-19)7-10(18-20)3-4-13(21)22/h7,12H,3-6,8-9H2,1-2H3,(H,17,24)(H,21,22). The van der Waals surface area contributed by atoms with Gasteiger partial charge in [0.1, 0.15) is 6.04 Å². The van der Waals surface area contributed by atoms with E-state index in [1.165, 1.54) is 11.8 Å². The highest BCUT2D eigenvalue weighted by molar-refractivity contribution is 8.01. The zero-order valence-corrected chi connectivity index (χ0v) is 15.1. The molecule has 9 heteroatoms. The Balaban J connectivity index is 1.63. The van der Waals surface area contributed by atoms with Crippen molar-refractivity contribution in [1.29, 1.82) is 0 Å². The van der Waals surface area contributed by atoms with Gasteiger partial charge in [0.25, 0.3) is 0 Å². The summed E-state index contributed by atoms with van der Waals surface area (Å²) in [5.74, 6) is -0.468. The molecule has 25 heavy (non-hydrogen) atoms. The van der Waals surface area contributed by atoms with Crippen LogP contribution in [0.1, 0.15) is 31.7 Å². The van der Waals surface area contributed by atoms with Crippen LogP contribution in [0.2, 0.25) is 0 Å². The maximum atomic E-state index is 12.7.